The second kappa shape index (κ2) is 8.17. The highest BCUT2D eigenvalue weighted by atomic mass is 16.2. The minimum Gasteiger partial charge on any atom is -0.351 e. The number of nitrogens with one attached hydrogen (secondary N) is 1. The van der Waals surface area contributed by atoms with Gasteiger partial charge in [-0.1, -0.05) is 36.4 Å². The molecule has 26 heavy (non-hydrogen) atoms. The fraction of sp³-hybridized carbons (Fsp3) is 0.364. The topological polar surface area (TPSA) is 49.4 Å². The fourth-order valence-corrected chi connectivity index (χ4v) is 3.34. The van der Waals surface area contributed by atoms with Crippen LogP contribution in [0.1, 0.15) is 36.0 Å². The third-order valence-corrected chi connectivity index (χ3v) is 5.00. The summed E-state index contributed by atoms with van der Waals surface area (Å²) >= 11 is 0. The molecule has 1 aliphatic rings. The second-order valence-electron chi connectivity index (χ2n) is 7.08. The Labute approximate surface area is 155 Å². The lowest BCUT2D eigenvalue weighted by Gasteiger charge is -2.18. The average molecular weight is 350 g/mol. The maximum Gasteiger partial charge on any atom is 0.229 e. The predicted molar refractivity (Wildman–Crippen MR) is 104 cm³/mol. The van der Waals surface area contributed by atoms with E-state index in [4.69, 9.17) is 0 Å². The summed E-state index contributed by atoms with van der Waals surface area (Å²) in [6.45, 7) is 4.65. The van der Waals surface area contributed by atoms with Gasteiger partial charge < -0.3 is 10.2 Å². The predicted octanol–water partition coefficient (Wildman–Crippen LogP) is 3.55. The maximum absolute atomic E-state index is 12.3. The quantitative estimate of drug-likeness (QED) is 0.866. The Hall–Kier alpha value is -2.62. The van der Waals surface area contributed by atoms with Gasteiger partial charge in [0.2, 0.25) is 11.8 Å². The number of hydrogen-bond donors (Lipinski definition) is 1. The molecule has 136 valence electrons. The molecule has 2 aromatic carbocycles. The van der Waals surface area contributed by atoms with Crippen LogP contribution in [0.5, 0.6) is 0 Å². The van der Waals surface area contributed by atoms with Gasteiger partial charge in [-0.05, 0) is 55.5 Å². The molecule has 2 amide bonds. The molecule has 1 unspecified atom stereocenters. The van der Waals surface area contributed by atoms with Crippen LogP contribution in [0.25, 0.3) is 0 Å². The van der Waals surface area contributed by atoms with Crippen molar-refractivity contribution < 1.29 is 9.59 Å². The van der Waals surface area contributed by atoms with Crippen molar-refractivity contribution in [2.75, 3.05) is 11.4 Å². The molecule has 1 N–H and O–H groups in total. The van der Waals surface area contributed by atoms with Crippen molar-refractivity contribution >= 4 is 17.5 Å². The first-order chi connectivity index (χ1) is 12.5. The van der Waals surface area contributed by atoms with E-state index in [-0.39, 0.29) is 17.9 Å². The summed E-state index contributed by atoms with van der Waals surface area (Å²) in [5.74, 6) is 0.100. The number of nitrogens with zero attached hydrogens (tertiary/aromatic N) is 1. The summed E-state index contributed by atoms with van der Waals surface area (Å²) in [4.78, 5) is 26.3. The summed E-state index contributed by atoms with van der Waals surface area (Å²) in [5, 5.41) is 3.02. The van der Waals surface area contributed by atoms with E-state index in [1.807, 2.05) is 43.3 Å². The lowest BCUT2D eigenvalue weighted by molar-refractivity contribution is -0.121. The van der Waals surface area contributed by atoms with Crippen molar-refractivity contribution in [2.24, 2.45) is 0 Å². The number of hydrogen-bond acceptors (Lipinski definition) is 2. The Balaban J connectivity index is 1.49. The molecule has 0 aromatic heterocycles. The van der Waals surface area contributed by atoms with Gasteiger partial charge in [0.05, 0.1) is 6.04 Å². The van der Waals surface area contributed by atoms with Gasteiger partial charge in [-0.3, -0.25) is 9.59 Å². The highest BCUT2D eigenvalue weighted by molar-refractivity contribution is 5.97. The standard InChI is InChI=1S/C22H26N2O2/c1-16-11-12-20(13-17(16)2)24-15-19(14-22(24)26)23-21(25)10-6-9-18-7-4-3-5-8-18/h3-5,7-8,11-13,19H,6,9-10,14-15H2,1-2H3,(H,23,25). The van der Waals surface area contributed by atoms with Gasteiger partial charge in [-0.15, -0.1) is 0 Å². The van der Waals surface area contributed by atoms with Crippen LogP contribution in [0.3, 0.4) is 0 Å². The maximum atomic E-state index is 12.3. The highest BCUT2D eigenvalue weighted by Gasteiger charge is 2.31. The van der Waals surface area contributed by atoms with E-state index in [1.165, 1.54) is 16.7 Å². The van der Waals surface area contributed by atoms with E-state index in [0.717, 1.165) is 18.5 Å². The molecule has 4 heteroatoms. The van der Waals surface area contributed by atoms with E-state index < -0.39 is 0 Å². The molecule has 0 radical (unpaired) electrons. The summed E-state index contributed by atoms with van der Waals surface area (Å²) in [5.41, 5.74) is 4.54. The van der Waals surface area contributed by atoms with Crippen LogP contribution in [-0.4, -0.2) is 24.4 Å². The number of carbonyl (C=O) groups is 2. The minimum absolute atomic E-state index is 0.0284. The van der Waals surface area contributed by atoms with Crippen LogP contribution in [0.4, 0.5) is 5.69 Å². The first kappa shape index (κ1) is 18.2. The SMILES string of the molecule is Cc1ccc(N2CC(NC(=O)CCCc3ccccc3)CC2=O)cc1C. The zero-order valence-electron chi connectivity index (χ0n) is 15.5. The zero-order valence-corrected chi connectivity index (χ0v) is 15.5. The molecule has 1 saturated heterocycles. The van der Waals surface area contributed by atoms with Gasteiger partial charge >= 0.3 is 0 Å². The van der Waals surface area contributed by atoms with E-state index >= 15 is 0 Å². The van der Waals surface area contributed by atoms with Gasteiger partial charge in [0, 0.05) is 25.1 Å². The molecule has 0 spiro atoms. The summed E-state index contributed by atoms with van der Waals surface area (Å²) in [6.07, 6.45) is 2.57. The number of aryl methyl sites for hydroxylation is 3. The molecule has 1 aliphatic heterocycles. The third kappa shape index (κ3) is 4.51. The Kier molecular flexibility index (Phi) is 5.71. The van der Waals surface area contributed by atoms with Gasteiger partial charge in [-0.2, -0.15) is 0 Å². The molecule has 0 aliphatic carbocycles. The van der Waals surface area contributed by atoms with E-state index in [1.54, 1.807) is 4.90 Å². The molecule has 1 atom stereocenters. The first-order valence-electron chi connectivity index (χ1n) is 9.24. The van der Waals surface area contributed by atoms with Crippen molar-refractivity contribution in [3.8, 4) is 0 Å². The monoisotopic (exact) mass is 350 g/mol. The lowest BCUT2D eigenvalue weighted by atomic mass is 10.1. The summed E-state index contributed by atoms with van der Waals surface area (Å²) < 4.78 is 0. The lowest BCUT2D eigenvalue weighted by Crippen LogP contribution is -2.37. The van der Waals surface area contributed by atoms with Crippen molar-refractivity contribution in [3.63, 3.8) is 0 Å². The van der Waals surface area contributed by atoms with Gasteiger partial charge in [0.15, 0.2) is 0 Å². The van der Waals surface area contributed by atoms with Crippen LogP contribution in [0.15, 0.2) is 48.5 Å². The van der Waals surface area contributed by atoms with Crippen LogP contribution >= 0.6 is 0 Å². The Morgan fingerprint density at radius 2 is 1.88 bits per heavy atom. The molecule has 1 heterocycles. The van der Waals surface area contributed by atoms with Crippen molar-refractivity contribution in [1.82, 2.24) is 5.32 Å². The van der Waals surface area contributed by atoms with Crippen LogP contribution in [0.2, 0.25) is 0 Å². The molecular formula is C22H26N2O2. The molecule has 1 fully saturated rings. The largest absolute Gasteiger partial charge is 0.351 e. The molecule has 3 rings (SSSR count). The zero-order chi connectivity index (χ0) is 18.5. The van der Waals surface area contributed by atoms with Gasteiger partial charge in [0.1, 0.15) is 0 Å². The second-order valence-corrected chi connectivity index (χ2v) is 7.08. The third-order valence-electron chi connectivity index (χ3n) is 5.00. The first-order valence-corrected chi connectivity index (χ1v) is 9.24. The van der Waals surface area contributed by atoms with Crippen LogP contribution in [-0.2, 0) is 16.0 Å². The van der Waals surface area contributed by atoms with E-state index in [9.17, 15) is 9.59 Å². The number of amides is 2. The Morgan fingerprint density at radius 3 is 2.62 bits per heavy atom. The molecule has 2 aromatic rings. The fourth-order valence-electron chi connectivity index (χ4n) is 3.34. The number of rotatable bonds is 6. The highest BCUT2D eigenvalue weighted by Crippen LogP contribution is 2.24. The Bertz CT molecular complexity index is 786. The molecular weight excluding hydrogens is 324 g/mol. The van der Waals surface area contributed by atoms with E-state index in [0.29, 0.717) is 19.4 Å². The van der Waals surface area contributed by atoms with Gasteiger partial charge in [-0.25, -0.2) is 0 Å². The number of benzene rings is 2. The molecule has 0 saturated carbocycles. The van der Waals surface area contributed by atoms with E-state index in [2.05, 4.69) is 24.4 Å². The Morgan fingerprint density at radius 1 is 1.12 bits per heavy atom. The summed E-state index contributed by atoms with van der Waals surface area (Å²) in [7, 11) is 0. The van der Waals surface area contributed by atoms with Gasteiger partial charge in [0.25, 0.3) is 0 Å². The number of carbonyl (C=O) groups excluding carboxylic acids is 2. The van der Waals surface area contributed by atoms with Crippen molar-refractivity contribution in [1.29, 1.82) is 0 Å². The van der Waals surface area contributed by atoms with Crippen LogP contribution < -0.4 is 10.2 Å². The minimum atomic E-state index is -0.103. The van der Waals surface area contributed by atoms with Crippen molar-refractivity contribution in [2.45, 2.75) is 45.6 Å². The number of anilines is 1. The smallest absolute Gasteiger partial charge is 0.229 e. The molecule has 0 bridgehead atoms. The van der Waals surface area contributed by atoms with Crippen LogP contribution in [0, 0.1) is 13.8 Å². The van der Waals surface area contributed by atoms with Crippen molar-refractivity contribution in [3.05, 3.63) is 65.2 Å². The normalized spacial score (nSPS) is 16.8. The average Bonchev–Trinajstić information content (AvgIpc) is 2.98. The summed E-state index contributed by atoms with van der Waals surface area (Å²) in [6, 6.07) is 16.1. The molecule has 4 nitrogen and oxygen atoms in total.